The van der Waals surface area contributed by atoms with E-state index in [0.717, 1.165) is 11.6 Å². The van der Waals surface area contributed by atoms with Gasteiger partial charge in [0.05, 0.1) is 5.02 Å². The summed E-state index contributed by atoms with van der Waals surface area (Å²) in [7, 11) is 0. The summed E-state index contributed by atoms with van der Waals surface area (Å²) in [6.45, 7) is 5.05. The monoisotopic (exact) mass is 251 g/mol. The van der Waals surface area contributed by atoms with Crippen LogP contribution in [0.25, 0.3) is 0 Å². The quantitative estimate of drug-likeness (QED) is 0.839. The molecular formula is C13H14ClNS. The molecule has 0 spiro atoms. The lowest BCUT2D eigenvalue weighted by Gasteiger charge is -2.09. The zero-order valence-electron chi connectivity index (χ0n) is 9.38. The molecule has 0 aliphatic carbocycles. The highest BCUT2D eigenvalue weighted by Gasteiger charge is 2.00. The summed E-state index contributed by atoms with van der Waals surface area (Å²) in [6, 6.07) is 8.44. The molecule has 2 aromatic rings. The van der Waals surface area contributed by atoms with Gasteiger partial charge in [-0.05, 0) is 37.1 Å². The van der Waals surface area contributed by atoms with E-state index in [-0.39, 0.29) is 0 Å². The van der Waals surface area contributed by atoms with Crippen molar-refractivity contribution in [3.05, 3.63) is 50.7 Å². The molecule has 3 heteroatoms. The Bertz CT molecular complexity index is 490. The number of anilines is 1. The topological polar surface area (TPSA) is 12.0 Å². The largest absolute Gasteiger partial charge is 0.380 e. The van der Waals surface area contributed by atoms with Crippen molar-refractivity contribution >= 4 is 28.6 Å². The number of benzene rings is 1. The standard InChI is InChI=1S/C13H14ClNS/c1-9-3-4-10(2)13(5-9)15-7-12-6-11(14)8-16-12/h3-6,8,15H,7H2,1-2H3. The van der Waals surface area contributed by atoms with E-state index in [2.05, 4.69) is 37.4 Å². The number of rotatable bonds is 3. The van der Waals surface area contributed by atoms with Crippen molar-refractivity contribution in [1.29, 1.82) is 0 Å². The Kier molecular flexibility index (Phi) is 3.52. The average molecular weight is 252 g/mol. The first kappa shape index (κ1) is 11.5. The maximum Gasteiger partial charge on any atom is 0.0516 e. The molecule has 0 saturated carbocycles. The van der Waals surface area contributed by atoms with Crippen LogP contribution in [-0.4, -0.2) is 0 Å². The molecular weight excluding hydrogens is 238 g/mol. The fourth-order valence-corrected chi connectivity index (χ4v) is 2.57. The molecule has 0 unspecified atom stereocenters. The van der Waals surface area contributed by atoms with Gasteiger partial charge in [0.25, 0.3) is 0 Å². The predicted octanol–water partition coefficient (Wildman–Crippen LogP) is 4.63. The Morgan fingerprint density at radius 3 is 2.75 bits per heavy atom. The molecule has 0 saturated heterocycles. The molecule has 0 fully saturated rings. The van der Waals surface area contributed by atoms with Gasteiger partial charge in [-0.3, -0.25) is 0 Å². The van der Waals surface area contributed by atoms with E-state index >= 15 is 0 Å². The van der Waals surface area contributed by atoms with Crippen LogP contribution < -0.4 is 5.32 Å². The summed E-state index contributed by atoms with van der Waals surface area (Å²) < 4.78 is 0. The summed E-state index contributed by atoms with van der Waals surface area (Å²) in [4.78, 5) is 1.26. The average Bonchev–Trinajstić information content (AvgIpc) is 2.66. The molecule has 1 aromatic heterocycles. The van der Waals surface area contributed by atoms with Crippen molar-refractivity contribution in [3.8, 4) is 0 Å². The molecule has 1 aromatic carbocycles. The van der Waals surface area contributed by atoms with Gasteiger partial charge in [0.2, 0.25) is 0 Å². The first-order valence-corrected chi connectivity index (χ1v) is 6.45. The first-order valence-electron chi connectivity index (χ1n) is 5.19. The van der Waals surface area contributed by atoms with Gasteiger partial charge in [-0.1, -0.05) is 23.7 Å². The molecule has 0 atom stereocenters. The molecule has 16 heavy (non-hydrogen) atoms. The Morgan fingerprint density at radius 2 is 2.06 bits per heavy atom. The van der Waals surface area contributed by atoms with Crippen molar-refractivity contribution in [2.75, 3.05) is 5.32 Å². The number of aryl methyl sites for hydroxylation is 2. The highest BCUT2D eigenvalue weighted by atomic mass is 35.5. The van der Waals surface area contributed by atoms with E-state index in [1.165, 1.54) is 21.7 Å². The van der Waals surface area contributed by atoms with Gasteiger partial charge >= 0.3 is 0 Å². The fraction of sp³-hybridized carbons (Fsp3) is 0.231. The Balaban J connectivity index is 2.07. The normalized spacial score (nSPS) is 10.4. The van der Waals surface area contributed by atoms with E-state index in [0.29, 0.717) is 0 Å². The van der Waals surface area contributed by atoms with Crippen LogP contribution in [0.2, 0.25) is 5.02 Å². The molecule has 84 valence electrons. The first-order chi connectivity index (χ1) is 7.65. The minimum Gasteiger partial charge on any atom is -0.380 e. The second-order valence-electron chi connectivity index (χ2n) is 3.90. The van der Waals surface area contributed by atoms with Gasteiger partial charge < -0.3 is 5.32 Å². The summed E-state index contributed by atoms with van der Waals surface area (Å²) in [5.41, 5.74) is 3.75. The van der Waals surface area contributed by atoms with Crippen LogP contribution in [0.3, 0.4) is 0 Å². The molecule has 1 nitrogen and oxygen atoms in total. The summed E-state index contributed by atoms with van der Waals surface area (Å²) >= 11 is 7.57. The third-order valence-corrected chi connectivity index (χ3v) is 3.75. The van der Waals surface area contributed by atoms with E-state index in [1.54, 1.807) is 11.3 Å². The Hall–Kier alpha value is -0.990. The van der Waals surface area contributed by atoms with Crippen molar-refractivity contribution < 1.29 is 0 Å². The van der Waals surface area contributed by atoms with Crippen LogP contribution >= 0.6 is 22.9 Å². The predicted molar refractivity (Wildman–Crippen MR) is 72.6 cm³/mol. The number of halogens is 1. The number of thiophene rings is 1. The molecule has 1 heterocycles. The smallest absolute Gasteiger partial charge is 0.0516 e. The zero-order valence-corrected chi connectivity index (χ0v) is 11.0. The van der Waals surface area contributed by atoms with Crippen LogP contribution in [-0.2, 0) is 6.54 Å². The minimum absolute atomic E-state index is 0.822. The molecule has 0 bridgehead atoms. The molecule has 0 radical (unpaired) electrons. The number of hydrogen-bond donors (Lipinski definition) is 1. The van der Waals surface area contributed by atoms with Crippen LogP contribution in [0.1, 0.15) is 16.0 Å². The molecule has 0 aliphatic rings. The summed E-state index contributed by atoms with van der Waals surface area (Å²) in [6.07, 6.45) is 0. The van der Waals surface area contributed by atoms with Crippen molar-refractivity contribution in [1.82, 2.24) is 0 Å². The molecule has 1 N–H and O–H groups in total. The van der Waals surface area contributed by atoms with E-state index in [9.17, 15) is 0 Å². The Morgan fingerprint density at radius 1 is 1.25 bits per heavy atom. The summed E-state index contributed by atoms with van der Waals surface area (Å²) in [5, 5.41) is 6.22. The van der Waals surface area contributed by atoms with Crippen LogP contribution in [0, 0.1) is 13.8 Å². The second-order valence-corrected chi connectivity index (χ2v) is 5.34. The molecule has 2 rings (SSSR count). The van der Waals surface area contributed by atoms with Gasteiger partial charge in [-0.25, -0.2) is 0 Å². The molecule has 0 aliphatic heterocycles. The maximum atomic E-state index is 5.88. The summed E-state index contributed by atoms with van der Waals surface area (Å²) in [5.74, 6) is 0. The maximum absolute atomic E-state index is 5.88. The minimum atomic E-state index is 0.822. The van der Waals surface area contributed by atoms with Crippen LogP contribution in [0.4, 0.5) is 5.69 Å². The van der Waals surface area contributed by atoms with Crippen molar-refractivity contribution in [2.45, 2.75) is 20.4 Å². The number of nitrogens with one attached hydrogen (secondary N) is 1. The van der Waals surface area contributed by atoms with Crippen LogP contribution in [0.15, 0.2) is 29.6 Å². The lowest BCUT2D eigenvalue weighted by Crippen LogP contribution is -1.99. The third-order valence-electron chi connectivity index (χ3n) is 2.47. The highest BCUT2D eigenvalue weighted by Crippen LogP contribution is 2.22. The zero-order chi connectivity index (χ0) is 11.5. The third kappa shape index (κ3) is 2.77. The lowest BCUT2D eigenvalue weighted by molar-refractivity contribution is 1.17. The lowest BCUT2D eigenvalue weighted by atomic mass is 10.1. The van der Waals surface area contributed by atoms with Crippen molar-refractivity contribution in [3.63, 3.8) is 0 Å². The SMILES string of the molecule is Cc1ccc(C)c(NCc2cc(Cl)cs2)c1. The van der Waals surface area contributed by atoms with Gasteiger partial charge in [-0.2, -0.15) is 0 Å². The van der Waals surface area contributed by atoms with Crippen LogP contribution in [0.5, 0.6) is 0 Å². The van der Waals surface area contributed by atoms with E-state index < -0.39 is 0 Å². The molecule has 0 amide bonds. The second kappa shape index (κ2) is 4.89. The van der Waals surface area contributed by atoms with Gasteiger partial charge in [-0.15, -0.1) is 11.3 Å². The van der Waals surface area contributed by atoms with Gasteiger partial charge in [0, 0.05) is 22.5 Å². The van der Waals surface area contributed by atoms with E-state index in [1.807, 2.05) is 11.4 Å². The van der Waals surface area contributed by atoms with Crippen molar-refractivity contribution in [2.24, 2.45) is 0 Å². The van der Waals surface area contributed by atoms with Gasteiger partial charge in [0.15, 0.2) is 0 Å². The van der Waals surface area contributed by atoms with E-state index in [4.69, 9.17) is 11.6 Å². The fourth-order valence-electron chi connectivity index (χ4n) is 1.56. The highest BCUT2D eigenvalue weighted by molar-refractivity contribution is 7.10. The number of hydrogen-bond acceptors (Lipinski definition) is 2. The van der Waals surface area contributed by atoms with Gasteiger partial charge in [0.1, 0.15) is 0 Å². The Labute approximate surface area is 105 Å².